The molecule has 0 saturated carbocycles. The zero-order valence-electron chi connectivity index (χ0n) is 12.9. The summed E-state index contributed by atoms with van der Waals surface area (Å²) in [6, 6.07) is 13.9. The molecule has 3 nitrogen and oxygen atoms in total. The number of hydrogen-bond donors (Lipinski definition) is 0. The van der Waals surface area contributed by atoms with Crippen molar-refractivity contribution in [3.63, 3.8) is 0 Å². The molecule has 0 N–H and O–H groups in total. The number of carbonyl (C=O) groups is 1. The van der Waals surface area contributed by atoms with Gasteiger partial charge in [0.2, 0.25) is 0 Å². The number of benzene rings is 1. The predicted molar refractivity (Wildman–Crippen MR) is 101 cm³/mol. The number of rotatable bonds is 3. The molecule has 2 aromatic rings. The standard InChI is InChI=1S/C18H16N2OS2/c1-13-11-12-14(2)19(13)20-17(21)16(23-18(20)22)10-6-9-15-7-4-3-5-8-15/h3-12H,1-2H3/b9-6-,16-10-. The van der Waals surface area contributed by atoms with E-state index in [9.17, 15) is 4.79 Å². The minimum atomic E-state index is -0.0832. The molecule has 1 aromatic heterocycles. The normalized spacial score (nSPS) is 17.0. The fraction of sp³-hybridized carbons (Fsp3) is 0.111. The van der Waals surface area contributed by atoms with Crippen LogP contribution in [0.3, 0.4) is 0 Å². The van der Waals surface area contributed by atoms with Crippen LogP contribution in [0.5, 0.6) is 0 Å². The SMILES string of the molecule is Cc1ccc(C)n1N1C(=O)/C(=C/C=C\c2ccccc2)SC1=S. The third-order valence-electron chi connectivity index (χ3n) is 3.54. The highest BCUT2D eigenvalue weighted by Crippen LogP contribution is 2.31. The van der Waals surface area contributed by atoms with E-state index in [-0.39, 0.29) is 5.91 Å². The summed E-state index contributed by atoms with van der Waals surface area (Å²) in [5.41, 5.74) is 3.07. The lowest BCUT2D eigenvalue weighted by Crippen LogP contribution is -2.39. The van der Waals surface area contributed by atoms with E-state index in [0.29, 0.717) is 9.23 Å². The Hall–Kier alpha value is -2.11. The molecule has 1 aromatic carbocycles. The molecule has 1 saturated heterocycles. The highest BCUT2D eigenvalue weighted by atomic mass is 32.2. The van der Waals surface area contributed by atoms with Crippen molar-refractivity contribution in [2.75, 3.05) is 5.01 Å². The van der Waals surface area contributed by atoms with Crippen molar-refractivity contribution in [3.05, 3.63) is 76.5 Å². The summed E-state index contributed by atoms with van der Waals surface area (Å²) in [4.78, 5) is 13.3. The van der Waals surface area contributed by atoms with Crippen molar-refractivity contribution >= 4 is 40.3 Å². The van der Waals surface area contributed by atoms with Gasteiger partial charge in [0.05, 0.1) is 4.91 Å². The molecule has 0 bridgehead atoms. The minimum absolute atomic E-state index is 0.0832. The lowest BCUT2D eigenvalue weighted by Gasteiger charge is -2.20. The zero-order valence-corrected chi connectivity index (χ0v) is 14.5. The molecule has 0 unspecified atom stereocenters. The number of thioether (sulfide) groups is 1. The van der Waals surface area contributed by atoms with Crippen LogP contribution in [0, 0.1) is 13.8 Å². The molecule has 0 atom stereocenters. The molecule has 0 aliphatic carbocycles. The maximum atomic E-state index is 12.7. The summed E-state index contributed by atoms with van der Waals surface area (Å²) in [5.74, 6) is -0.0832. The maximum absolute atomic E-state index is 12.7. The Labute approximate surface area is 145 Å². The maximum Gasteiger partial charge on any atom is 0.285 e. The second-order valence-electron chi connectivity index (χ2n) is 5.21. The summed E-state index contributed by atoms with van der Waals surface area (Å²) < 4.78 is 2.41. The summed E-state index contributed by atoms with van der Waals surface area (Å²) in [6.45, 7) is 3.93. The van der Waals surface area contributed by atoms with Gasteiger partial charge in [-0.15, -0.1) is 0 Å². The number of amides is 1. The smallest absolute Gasteiger partial charge is 0.266 e. The number of aryl methyl sites for hydroxylation is 2. The third-order valence-corrected chi connectivity index (χ3v) is 4.84. The Bertz CT molecular complexity index is 799. The Morgan fingerprint density at radius 1 is 1.04 bits per heavy atom. The fourth-order valence-corrected chi connectivity index (χ4v) is 3.63. The third kappa shape index (κ3) is 3.16. The van der Waals surface area contributed by atoms with E-state index in [1.807, 2.05) is 79.2 Å². The molecule has 0 spiro atoms. The van der Waals surface area contributed by atoms with Crippen LogP contribution in [0.2, 0.25) is 0 Å². The first-order valence-corrected chi connectivity index (χ1v) is 8.45. The van der Waals surface area contributed by atoms with Gasteiger partial charge in [0.1, 0.15) is 0 Å². The van der Waals surface area contributed by atoms with Crippen molar-refractivity contribution in [2.45, 2.75) is 13.8 Å². The highest BCUT2D eigenvalue weighted by molar-refractivity contribution is 8.27. The van der Waals surface area contributed by atoms with Crippen molar-refractivity contribution < 1.29 is 4.79 Å². The van der Waals surface area contributed by atoms with Crippen LogP contribution >= 0.6 is 24.0 Å². The summed E-state index contributed by atoms with van der Waals surface area (Å²) >= 11 is 6.72. The van der Waals surface area contributed by atoms with Gasteiger partial charge in [-0.3, -0.25) is 9.47 Å². The van der Waals surface area contributed by atoms with E-state index in [1.165, 1.54) is 11.8 Å². The van der Waals surface area contributed by atoms with Crippen LogP contribution in [-0.2, 0) is 4.79 Å². The molecule has 1 aliphatic heterocycles. The van der Waals surface area contributed by atoms with Gasteiger partial charge in [-0.05, 0) is 49.8 Å². The minimum Gasteiger partial charge on any atom is -0.266 e. The van der Waals surface area contributed by atoms with Crippen molar-refractivity contribution in [2.24, 2.45) is 0 Å². The van der Waals surface area contributed by atoms with Gasteiger partial charge in [-0.2, -0.15) is 5.01 Å². The van der Waals surface area contributed by atoms with Crippen LogP contribution in [0.1, 0.15) is 17.0 Å². The van der Waals surface area contributed by atoms with E-state index >= 15 is 0 Å². The Balaban J connectivity index is 1.84. The van der Waals surface area contributed by atoms with Crippen LogP contribution in [0.15, 0.2) is 59.5 Å². The molecule has 1 fully saturated rings. The van der Waals surface area contributed by atoms with Crippen LogP contribution in [0.4, 0.5) is 0 Å². The lowest BCUT2D eigenvalue weighted by molar-refractivity contribution is -0.114. The largest absolute Gasteiger partial charge is 0.285 e. The van der Waals surface area contributed by atoms with Gasteiger partial charge >= 0.3 is 0 Å². The molecule has 2 heterocycles. The molecule has 5 heteroatoms. The average Bonchev–Trinajstić information content (AvgIpc) is 3.00. The van der Waals surface area contributed by atoms with E-state index in [0.717, 1.165) is 17.0 Å². The van der Waals surface area contributed by atoms with Crippen molar-refractivity contribution in [1.29, 1.82) is 0 Å². The summed E-state index contributed by atoms with van der Waals surface area (Å²) in [5, 5.41) is 1.56. The van der Waals surface area contributed by atoms with Gasteiger partial charge in [0, 0.05) is 11.4 Å². The average molecular weight is 340 g/mol. The number of aromatic nitrogens is 1. The second-order valence-corrected chi connectivity index (χ2v) is 6.89. The van der Waals surface area contributed by atoms with Gasteiger partial charge < -0.3 is 0 Å². The molecule has 0 radical (unpaired) electrons. The molecular weight excluding hydrogens is 324 g/mol. The zero-order chi connectivity index (χ0) is 16.4. The Morgan fingerprint density at radius 3 is 2.35 bits per heavy atom. The van der Waals surface area contributed by atoms with Crippen LogP contribution in [0.25, 0.3) is 6.08 Å². The van der Waals surface area contributed by atoms with Gasteiger partial charge in [0.25, 0.3) is 5.91 Å². The van der Waals surface area contributed by atoms with Gasteiger partial charge in [0.15, 0.2) is 4.32 Å². The first-order chi connectivity index (χ1) is 11.1. The molecule has 1 aliphatic rings. The molecule has 116 valence electrons. The number of allylic oxidation sites excluding steroid dienone is 2. The fourth-order valence-electron chi connectivity index (χ4n) is 2.43. The van der Waals surface area contributed by atoms with Gasteiger partial charge in [-0.1, -0.05) is 54.2 Å². The number of hydrogen-bond acceptors (Lipinski definition) is 3. The monoisotopic (exact) mass is 340 g/mol. The number of carbonyl (C=O) groups excluding carboxylic acids is 1. The Morgan fingerprint density at radius 2 is 1.70 bits per heavy atom. The Kier molecular flexibility index (Phi) is 4.50. The molecule has 1 amide bonds. The number of nitrogens with zero attached hydrogens (tertiary/aromatic N) is 2. The quantitative estimate of drug-likeness (QED) is 0.618. The molecular formula is C18H16N2OS2. The van der Waals surface area contributed by atoms with Crippen LogP contribution < -0.4 is 5.01 Å². The predicted octanol–water partition coefficient (Wildman–Crippen LogP) is 4.20. The van der Waals surface area contributed by atoms with E-state index in [4.69, 9.17) is 12.2 Å². The van der Waals surface area contributed by atoms with Crippen molar-refractivity contribution in [3.8, 4) is 0 Å². The second kappa shape index (κ2) is 6.56. The van der Waals surface area contributed by atoms with Crippen molar-refractivity contribution in [1.82, 2.24) is 4.68 Å². The first-order valence-electron chi connectivity index (χ1n) is 7.23. The van der Waals surface area contributed by atoms with E-state index < -0.39 is 0 Å². The molecule has 23 heavy (non-hydrogen) atoms. The topological polar surface area (TPSA) is 25.2 Å². The first kappa shape index (κ1) is 15.8. The summed E-state index contributed by atoms with van der Waals surface area (Å²) in [6.07, 6.45) is 5.68. The number of thiocarbonyl (C=S) groups is 1. The lowest BCUT2D eigenvalue weighted by atomic mass is 10.2. The van der Waals surface area contributed by atoms with E-state index in [2.05, 4.69) is 0 Å². The van der Waals surface area contributed by atoms with E-state index in [1.54, 1.807) is 5.01 Å². The van der Waals surface area contributed by atoms with Gasteiger partial charge in [-0.25, -0.2) is 0 Å². The summed E-state index contributed by atoms with van der Waals surface area (Å²) in [7, 11) is 0. The van der Waals surface area contributed by atoms with Crippen LogP contribution in [-0.4, -0.2) is 14.9 Å². The highest BCUT2D eigenvalue weighted by Gasteiger charge is 2.34. The molecule has 3 rings (SSSR count).